The van der Waals surface area contributed by atoms with Crippen LogP contribution < -0.4 is 23.2 Å². The first-order valence-electron chi connectivity index (χ1n) is 10.6. The highest BCUT2D eigenvalue weighted by molar-refractivity contribution is 5.80. The van der Waals surface area contributed by atoms with Crippen molar-refractivity contribution in [2.75, 3.05) is 0 Å². The lowest BCUT2D eigenvalue weighted by atomic mass is 9.82. The third kappa shape index (κ3) is 3.74. The summed E-state index contributed by atoms with van der Waals surface area (Å²) in [5.74, 6) is 0. The third-order valence-corrected chi connectivity index (χ3v) is 6.55. The van der Waals surface area contributed by atoms with E-state index in [0.29, 0.717) is 0 Å². The molecule has 5 nitrogen and oxygen atoms in total. The molecular weight excluding hydrogens is 438 g/mol. The minimum Gasteiger partial charge on any atom is -0.222 e. The highest BCUT2D eigenvalue weighted by Crippen LogP contribution is 2.49. The Balaban J connectivity index is 0.000000416. The van der Waals surface area contributed by atoms with Crippen molar-refractivity contribution in [1.29, 1.82) is 0 Å². The van der Waals surface area contributed by atoms with E-state index in [0.717, 1.165) is 6.42 Å². The molecule has 1 aliphatic carbocycles. The molecule has 0 saturated carbocycles. The molecule has 0 fully saturated rings. The van der Waals surface area contributed by atoms with E-state index in [1.807, 2.05) is 0 Å². The van der Waals surface area contributed by atoms with E-state index < -0.39 is 10.2 Å². The molecule has 0 radical (unpaired) electrons. The van der Waals surface area contributed by atoms with Crippen LogP contribution in [-0.2, 0) is 11.8 Å². The molecule has 0 bridgehead atoms. The largest absolute Gasteiger partial charge is 0.223 e. The highest BCUT2D eigenvalue weighted by Gasteiger charge is 2.46. The number of para-hydroxylation sites is 1. The summed E-state index contributed by atoms with van der Waals surface area (Å²) in [4.78, 5) is 0. The van der Waals surface area contributed by atoms with Gasteiger partial charge in [0, 0.05) is 22.6 Å². The summed E-state index contributed by atoms with van der Waals surface area (Å²) in [5.41, 5.74) is 12.4. The van der Waals surface area contributed by atoms with Crippen LogP contribution >= 0.6 is 0 Å². The number of halogens is 1. The number of hydrogen-bond acceptors (Lipinski definition) is 4. The van der Waals surface area contributed by atoms with Gasteiger partial charge in [0.15, 0.2) is 0 Å². The van der Waals surface area contributed by atoms with E-state index in [-0.39, 0.29) is 5.41 Å². The van der Waals surface area contributed by atoms with Crippen LogP contribution in [0.5, 0.6) is 0 Å². The van der Waals surface area contributed by atoms with Crippen LogP contribution in [0, 0.1) is 10.2 Å². The Hall–Kier alpha value is -3.06. The number of fused-ring (bicyclic) bond motifs is 7. The predicted molar refractivity (Wildman–Crippen MR) is 114 cm³/mol. The Morgan fingerprint density at radius 1 is 0.727 bits per heavy atom. The summed E-state index contributed by atoms with van der Waals surface area (Å²) >= 11 is 0. The Bertz CT molecular complexity index is 1350. The van der Waals surface area contributed by atoms with Crippen molar-refractivity contribution in [1.82, 2.24) is 0 Å². The van der Waals surface area contributed by atoms with Crippen molar-refractivity contribution in [3.63, 3.8) is 0 Å². The van der Waals surface area contributed by atoms with E-state index in [1.54, 1.807) is 0 Å². The van der Waals surface area contributed by atoms with Crippen LogP contribution in [0.15, 0.2) is 84.9 Å². The van der Waals surface area contributed by atoms with Gasteiger partial charge in [0.25, 0.3) is 0 Å². The van der Waals surface area contributed by atoms with Crippen LogP contribution in [0.2, 0.25) is 0 Å². The number of nitrogens with zero attached hydrogens (tertiary/aromatic N) is 1. The quantitative estimate of drug-likeness (QED) is 0.350. The average molecular weight is 460 g/mol. The highest BCUT2D eigenvalue weighted by atomic mass is 35.7. The minimum absolute atomic E-state index is 0.00494. The van der Waals surface area contributed by atoms with Gasteiger partial charge in [0.05, 0.1) is 17.5 Å². The van der Waals surface area contributed by atoms with Gasteiger partial charge < -0.3 is 0 Å². The zero-order chi connectivity index (χ0) is 23.4. The van der Waals surface area contributed by atoms with Crippen molar-refractivity contribution in [3.05, 3.63) is 107 Å². The van der Waals surface area contributed by atoms with E-state index in [2.05, 4.69) is 103 Å². The van der Waals surface area contributed by atoms with Gasteiger partial charge in [-0.1, -0.05) is 80.6 Å². The summed E-state index contributed by atoms with van der Waals surface area (Å²) < 4.78 is 36.5. The fourth-order valence-corrected chi connectivity index (χ4v) is 5.16. The molecule has 2 heterocycles. The van der Waals surface area contributed by atoms with Gasteiger partial charge in [-0.2, -0.15) is 4.57 Å². The molecule has 0 amide bonds. The van der Waals surface area contributed by atoms with Crippen LogP contribution in [0.4, 0.5) is 0 Å². The first-order valence-corrected chi connectivity index (χ1v) is 11.9. The van der Waals surface area contributed by atoms with Gasteiger partial charge in [-0.15, -0.1) is 10.2 Å². The van der Waals surface area contributed by atoms with Crippen molar-refractivity contribution >= 4 is 0 Å². The zero-order valence-electron chi connectivity index (χ0n) is 18.2. The number of benzene rings is 3. The molecule has 1 aliphatic heterocycles. The molecule has 1 aromatic heterocycles. The van der Waals surface area contributed by atoms with Crippen molar-refractivity contribution in [2.24, 2.45) is 0 Å². The smallest absolute Gasteiger partial charge is 0.222 e. The Kier molecular flexibility index (Phi) is 5.12. The summed E-state index contributed by atoms with van der Waals surface area (Å²) in [5, 5.41) is 0. The number of rotatable bonds is 1. The normalized spacial score (nSPS) is 14.5. The van der Waals surface area contributed by atoms with Crippen molar-refractivity contribution < 1.29 is 33.4 Å². The third-order valence-electron chi connectivity index (χ3n) is 6.55. The summed E-state index contributed by atoms with van der Waals surface area (Å²) in [6, 6.07) is 31.1. The van der Waals surface area contributed by atoms with Crippen LogP contribution in [0.25, 0.3) is 28.1 Å². The van der Waals surface area contributed by atoms with E-state index in [4.69, 9.17) is 18.6 Å². The van der Waals surface area contributed by atoms with E-state index in [1.165, 1.54) is 50.5 Å². The van der Waals surface area contributed by atoms with Gasteiger partial charge in [-0.25, -0.2) is 18.6 Å². The summed E-state index contributed by atoms with van der Waals surface area (Å²) in [6.45, 7) is 4.72. The van der Waals surface area contributed by atoms with Crippen molar-refractivity contribution in [2.45, 2.75) is 25.7 Å². The molecule has 2 aliphatic rings. The molecule has 33 heavy (non-hydrogen) atoms. The molecule has 6 heteroatoms. The molecule has 0 saturated heterocycles. The lowest BCUT2D eigenvalue weighted by Crippen LogP contribution is -2.68. The van der Waals surface area contributed by atoms with Crippen LogP contribution in [-0.4, -0.2) is 0 Å². The van der Waals surface area contributed by atoms with Gasteiger partial charge >= 0.3 is 0 Å². The fraction of sp³-hybridized carbons (Fsp3) is 0.148. The van der Waals surface area contributed by atoms with Crippen molar-refractivity contribution in [3.8, 4) is 28.1 Å². The SMILES string of the molecule is CC1(C)c2ccccc2-c2c1cc(-c1ccccc1)c1[n+]2-c2ccccc2C1.[O-][Cl+3]([O-])([O-])[O-]. The first-order chi connectivity index (χ1) is 15.7. The molecule has 6 rings (SSSR count). The Morgan fingerprint density at radius 2 is 1.33 bits per heavy atom. The minimum atomic E-state index is -4.94. The fourth-order valence-electron chi connectivity index (χ4n) is 5.16. The Labute approximate surface area is 194 Å². The second-order valence-electron chi connectivity index (χ2n) is 8.82. The summed E-state index contributed by atoms with van der Waals surface area (Å²) in [6.07, 6.45) is 0.982. The maximum atomic E-state index is 8.49. The van der Waals surface area contributed by atoms with Gasteiger partial charge in [-0.3, -0.25) is 0 Å². The van der Waals surface area contributed by atoms with Crippen LogP contribution in [0.1, 0.15) is 36.2 Å². The zero-order valence-corrected chi connectivity index (χ0v) is 19.0. The molecule has 0 atom stereocenters. The Morgan fingerprint density at radius 3 is 2.06 bits per heavy atom. The number of aromatic nitrogens is 1. The lowest BCUT2D eigenvalue weighted by Gasteiger charge is -2.20. The molecule has 0 spiro atoms. The van der Waals surface area contributed by atoms with E-state index in [9.17, 15) is 0 Å². The van der Waals surface area contributed by atoms with Gasteiger partial charge in [0.2, 0.25) is 17.1 Å². The maximum Gasteiger partial charge on any atom is 0.223 e. The van der Waals surface area contributed by atoms with E-state index >= 15 is 0 Å². The number of hydrogen-bond donors (Lipinski definition) is 0. The molecular formula is C27H22ClNO4. The molecule has 3 aromatic carbocycles. The lowest BCUT2D eigenvalue weighted by molar-refractivity contribution is -2.00. The van der Waals surface area contributed by atoms with Gasteiger partial charge in [-0.05, 0) is 23.3 Å². The summed E-state index contributed by atoms with van der Waals surface area (Å²) in [7, 11) is -4.94. The first kappa shape index (κ1) is 21.8. The molecule has 0 N–H and O–H groups in total. The van der Waals surface area contributed by atoms with Crippen LogP contribution in [0.3, 0.4) is 0 Å². The standard InChI is InChI=1S/C27H22N.ClHO4/c1-27(2)22-14-8-7-13-20(22)26-23(27)17-21(18-10-4-3-5-11-18)25-16-19-12-6-9-15-24(19)28(25)26;2-1(3,4)5/h3-15,17H,16H2,1-2H3;(H,2,3,4,5)/q+1;/p-1. The second kappa shape index (κ2) is 7.76. The molecule has 166 valence electrons. The number of pyridine rings is 1. The predicted octanol–water partition coefficient (Wildman–Crippen LogP) is 1.08. The average Bonchev–Trinajstić information content (AvgIpc) is 3.26. The monoisotopic (exact) mass is 459 g/mol. The topological polar surface area (TPSA) is 96.1 Å². The maximum absolute atomic E-state index is 8.49. The molecule has 4 aromatic rings. The molecule has 0 unspecified atom stereocenters. The van der Waals surface area contributed by atoms with Gasteiger partial charge in [0.1, 0.15) is 0 Å². The second-order valence-corrected chi connectivity index (χ2v) is 9.58.